The van der Waals surface area contributed by atoms with Gasteiger partial charge in [0.25, 0.3) is 11.6 Å². The highest BCUT2D eigenvalue weighted by molar-refractivity contribution is 6.08. The minimum atomic E-state index is -0.931. The number of hydrogen-bond acceptors (Lipinski definition) is 5. The summed E-state index contributed by atoms with van der Waals surface area (Å²) in [5.74, 6) is -1.68. The monoisotopic (exact) mass is 263 g/mol. The molecule has 1 aliphatic heterocycles. The van der Waals surface area contributed by atoms with E-state index in [1.54, 1.807) is 0 Å². The molecule has 1 atom stereocenters. The van der Waals surface area contributed by atoms with Gasteiger partial charge in [0.2, 0.25) is 11.8 Å². The molecule has 3 amide bonds. The van der Waals surface area contributed by atoms with Crippen LogP contribution in [0.15, 0.2) is 24.3 Å². The van der Waals surface area contributed by atoms with Crippen LogP contribution in [0.1, 0.15) is 16.8 Å². The molecule has 1 fully saturated rings. The predicted octanol–water partition coefficient (Wildman–Crippen LogP) is -0.260. The Balaban J connectivity index is 2.12. The standard InChI is InChI=1S/C11H9N3O5/c15-9-5-8(11(17)13-9)12-10(16)6-2-1-3-7(4-6)14(18)19/h1-4,8H,5H2,(H,12,16)(H,13,15,17). The Bertz CT molecular complexity index is 583. The van der Waals surface area contributed by atoms with Gasteiger partial charge in [-0.3, -0.25) is 29.8 Å². The average molecular weight is 263 g/mol. The fourth-order valence-corrected chi connectivity index (χ4v) is 1.67. The number of non-ortho nitro benzene ring substituents is 1. The molecule has 0 radical (unpaired) electrons. The molecule has 1 aliphatic rings. The molecule has 2 N–H and O–H groups in total. The van der Waals surface area contributed by atoms with Crippen LogP contribution in [0, 0.1) is 10.1 Å². The Morgan fingerprint density at radius 3 is 2.74 bits per heavy atom. The average Bonchev–Trinajstić information content (AvgIpc) is 2.68. The maximum atomic E-state index is 11.8. The second kappa shape index (κ2) is 4.84. The lowest BCUT2D eigenvalue weighted by Crippen LogP contribution is -2.40. The van der Waals surface area contributed by atoms with E-state index in [0.717, 1.165) is 6.07 Å². The maximum Gasteiger partial charge on any atom is 0.270 e. The van der Waals surface area contributed by atoms with Gasteiger partial charge in [-0.15, -0.1) is 0 Å². The van der Waals surface area contributed by atoms with Crippen LogP contribution in [0.4, 0.5) is 5.69 Å². The molecular weight excluding hydrogens is 254 g/mol. The molecule has 8 nitrogen and oxygen atoms in total. The molecule has 1 aromatic carbocycles. The summed E-state index contributed by atoms with van der Waals surface area (Å²) < 4.78 is 0. The van der Waals surface area contributed by atoms with Crippen LogP contribution in [-0.2, 0) is 9.59 Å². The summed E-state index contributed by atoms with van der Waals surface area (Å²) in [5, 5.41) is 15.0. The zero-order chi connectivity index (χ0) is 14.0. The molecule has 0 aromatic heterocycles. The molecule has 2 rings (SSSR count). The fraction of sp³-hybridized carbons (Fsp3) is 0.182. The number of carbonyl (C=O) groups is 3. The number of nitrogens with one attached hydrogen (secondary N) is 2. The van der Waals surface area contributed by atoms with Crippen LogP contribution in [0.2, 0.25) is 0 Å². The highest BCUT2D eigenvalue weighted by Gasteiger charge is 2.31. The summed E-state index contributed by atoms with van der Waals surface area (Å²) in [6.07, 6.45) is -0.125. The van der Waals surface area contributed by atoms with Crippen LogP contribution in [0.3, 0.4) is 0 Å². The Morgan fingerprint density at radius 1 is 1.42 bits per heavy atom. The van der Waals surface area contributed by atoms with Gasteiger partial charge in [-0.25, -0.2) is 0 Å². The quantitative estimate of drug-likeness (QED) is 0.442. The Hall–Kier alpha value is -2.77. The third-order valence-electron chi connectivity index (χ3n) is 2.59. The number of carbonyl (C=O) groups excluding carboxylic acids is 3. The van der Waals surface area contributed by atoms with Gasteiger partial charge in [0.15, 0.2) is 0 Å². The first-order valence-corrected chi connectivity index (χ1v) is 5.36. The van der Waals surface area contributed by atoms with Crippen molar-refractivity contribution in [2.45, 2.75) is 12.5 Å². The van der Waals surface area contributed by atoms with Crippen LogP contribution in [0.5, 0.6) is 0 Å². The van der Waals surface area contributed by atoms with Crippen molar-refractivity contribution in [2.24, 2.45) is 0 Å². The molecule has 0 bridgehead atoms. The molecule has 1 aromatic rings. The van der Waals surface area contributed by atoms with Gasteiger partial charge in [0.1, 0.15) is 6.04 Å². The Kier molecular flexibility index (Phi) is 3.23. The number of nitrogens with zero attached hydrogens (tertiary/aromatic N) is 1. The van der Waals surface area contributed by atoms with Gasteiger partial charge in [-0.1, -0.05) is 6.07 Å². The third kappa shape index (κ3) is 2.73. The van der Waals surface area contributed by atoms with Crippen molar-refractivity contribution in [1.82, 2.24) is 10.6 Å². The van der Waals surface area contributed by atoms with E-state index in [-0.39, 0.29) is 17.7 Å². The number of imide groups is 1. The van der Waals surface area contributed by atoms with E-state index in [2.05, 4.69) is 10.6 Å². The lowest BCUT2D eigenvalue weighted by Gasteiger charge is -2.08. The molecule has 0 saturated carbocycles. The van der Waals surface area contributed by atoms with Gasteiger partial charge < -0.3 is 5.32 Å². The summed E-state index contributed by atoms with van der Waals surface area (Å²) in [4.78, 5) is 44.0. The second-order valence-electron chi connectivity index (χ2n) is 3.95. The predicted molar refractivity (Wildman–Crippen MR) is 62.1 cm³/mol. The fourth-order valence-electron chi connectivity index (χ4n) is 1.67. The molecule has 1 heterocycles. The lowest BCUT2D eigenvalue weighted by molar-refractivity contribution is -0.384. The molecule has 98 valence electrons. The lowest BCUT2D eigenvalue weighted by atomic mass is 10.1. The zero-order valence-electron chi connectivity index (χ0n) is 9.58. The second-order valence-corrected chi connectivity index (χ2v) is 3.95. The van der Waals surface area contributed by atoms with Crippen LogP contribution < -0.4 is 10.6 Å². The van der Waals surface area contributed by atoms with Gasteiger partial charge in [0, 0.05) is 17.7 Å². The summed E-state index contributed by atoms with van der Waals surface area (Å²) >= 11 is 0. The van der Waals surface area contributed by atoms with E-state index in [9.17, 15) is 24.5 Å². The van der Waals surface area contributed by atoms with E-state index in [4.69, 9.17) is 0 Å². The number of benzene rings is 1. The molecule has 1 saturated heterocycles. The zero-order valence-corrected chi connectivity index (χ0v) is 9.58. The van der Waals surface area contributed by atoms with E-state index >= 15 is 0 Å². The van der Waals surface area contributed by atoms with Crippen molar-refractivity contribution in [1.29, 1.82) is 0 Å². The summed E-state index contributed by atoms with van der Waals surface area (Å²) in [5.41, 5.74) is -0.166. The largest absolute Gasteiger partial charge is 0.340 e. The van der Waals surface area contributed by atoms with E-state index < -0.39 is 28.7 Å². The van der Waals surface area contributed by atoms with Crippen molar-refractivity contribution in [2.75, 3.05) is 0 Å². The van der Waals surface area contributed by atoms with Crippen molar-refractivity contribution in [3.8, 4) is 0 Å². The number of amides is 3. The minimum absolute atomic E-state index is 0.0568. The third-order valence-corrected chi connectivity index (χ3v) is 2.59. The number of nitro groups is 1. The summed E-state index contributed by atoms with van der Waals surface area (Å²) in [6.45, 7) is 0. The minimum Gasteiger partial charge on any atom is -0.340 e. The van der Waals surface area contributed by atoms with Crippen LogP contribution in [-0.4, -0.2) is 28.7 Å². The SMILES string of the molecule is O=C1CC(NC(=O)c2cccc([N+](=O)[O-])c2)C(=O)N1. The van der Waals surface area contributed by atoms with E-state index in [0.29, 0.717) is 0 Å². The summed E-state index contributed by atoms with van der Waals surface area (Å²) in [6, 6.07) is 4.18. The van der Waals surface area contributed by atoms with Crippen LogP contribution >= 0.6 is 0 Å². The highest BCUT2D eigenvalue weighted by atomic mass is 16.6. The number of rotatable bonds is 3. The Morgan fingerprint density at radius 2 is 2.16 bits per heavy atom. The normalized spacial score (nSPS) is 18.0. The van der Waals surface area contributed by atoms with Crippen molar-refractivity contribution < 1.29 is 19.3 Å². The molecular formula is C11H9N3O5. The van der Waals surface area contributed by atoms with E-state index in [1.165, 1.54) is 18.2 Å². The molecule has 19 heavy (non-hydrogen) atoms. The first-order valence-electron chi connectivity index (χ1n) is 5.36. The van der Waals surface area contributed by atoms with Gasteiger partial charge in [0.05, 0.1) is 11.3 Å². The number of hydrogen-bond donors (Lipinski definition) is 2. The summed E-state index contributed by atoms with van der Waals surface area (Å²) in [7, 11) is 0. The van der Waals surface area contributed by atoms with Gasteiger partial charge >= 0.3 is 0 Å². The Labute approximate surface area is 106 Å². The van der Waals surface area contributed by atoms with Crippen molar-refractivity contribution in [3.05, 3.63) is 39.9 Å². The van der Waals surface area contributed by atoms with Gasteiger partial charge in [-0.05, 0) is 6.07 Å². The first kappa shape index (κ1) is 12.7. The molecule has 0 aliphatic carbocycles. The smallest absolute Gasteiger partial charge is 0.270 e. The maximum absolute atomic E-state index is 11.8. The molecule has 0 spiro atoms. The van der Waals surface area contributed by atoms with Crippen molar-refractivity contribution in [3.63, 3.8) is 0 Å². The van der Waals surface area contributed by atoms with Gasteiger partial charge in [-0.2, -0.15) is 0 Å². The number of nitro benzene ring substituents is 1. The topological polar surface area (TPSA) is 118 Å². The first-order chi connectivity index (χ1) is 8.97. The van der Waals surface area contributed by atoms with Crippen molar-refractivity contribution >= 4 is 23.4 Å². The van der Waals surface area contributed by atoms with E-state index in [1.807, 2.05) is 0 Å². The van der Waals surface area contributed by atoms with Crippen LogP contribution in [0.25, 0.3) is 0 Å². The molecule has 8 heteroatoms. The highest BCUT2D eigenvalue weighted by Crippen LogP contribution is 2.13. The molecule has 1 unspecified atom stereocenters.